The Kier molecular flexibility index (Phi) is 4.22. The third-order valence-electron chi connectivity index (χ3n) is 4.32. The molecule has 0 saturated carbocycles. The van der Waals surface area contributed by atoms with E-state index in [9.17, 15) is 4.79 Å². The van der Waals surface area contributed by atoms with Gasteiger partial charge in [0.05, 0.1) is 17.9 Å². The van der Waals surface area contributed by atoms with E-state index < -0.39 is 0 Å². The number of nitrogens with zero attached hydrogens (tertiary/aromatic N) is 2. The largest absolute Gasteiger partial charge is 0.379 e. The molecule has 0 unspecified atom stereocenters. The van der Waals surface area contributed by atoms with Crippen LogP contribution in [0.2, 0.25) is 5.02 Å². The number of aromatic amines is 1. The molecule has 2 aromatic heterocycles. The van der Waals surface area contributed by atoms with Crippen molar-refractivity contribution in [1.82, 2.24) is 14.6 Å². The van der Waals surface area contributed by atoms with Crippen LogP contribution >= 0.6 is 11.6 Å². The van der Waals surface area contributed by atoms with Crippen LogP contribution in [-0.4, -0.2) is 14.6 Å². The predicted molar refractivity (Wildman–Crippen MR) is 105 cm³/mol. The lowest BCUT2D eigenvalue weighted by Gasteiger charge is -2.10. The van der Waals surface area contributed by atoms with Crippen molar-refractivity contribution >= 4 is 22.9 Å². The normalized spacial score (nSPS) is 11.0. The van der Waals surface area contributed by atoms with Crippen molar-refractivity contribution in [3.63, 3.8) is 0 Å². The van der Waals surface area contributed by atoms with E-state index in [-0.39, 0.29) is 5.56 Å². The van der Waals surface area contributed by atoms with Gasteiger partial charge in [0.15, 0.2) is 5.65 Å². The van der Waals surface area contributed by atoms with E-state index in [1.807, 2.05) is 61.5 Å². The van der Waals surface area contributed by atoms with Gasteiger partial charge in [-0.1, -0.05) is 48.0 Å². The summed E-state index contributed by atoms with van der Waals surface area (Å²) in [6, 6.07) is 19.0. The summed E-state index contributed by atoms with van der Waals surface area (Å²) in [6.07, 6.45) is 0. The molecule has 0 bridgehead atoms. The summed E-state index contributed by atoms with van der Waals surface area (Å²) in [5, 5.41) is 7.10. The summed E-state index contributed by atoms with van der Waals surface area (Å²) in [7, 11) is 0. The molecule has 26 heavy (non-hydrogen) atoms. The molecule has 2 heterocycles. The van der Waals surface area contributed by atoms with Crippen LogP contribution in [0.15, 0.2) is 65.5 Å². The number of halogens is 1. The Morgan fingerprint density at radius 1 is 1.12 bits per heavy atom. The first-order chi connectivity index (χ1) is 12.6. The van der Waals surface area contributed by atoms with Crippen LogP contribution in [0, 0.1) is 6.92 Å². The molecule has 2 N–H and O–H groups in total. The first-order valence-corrected chi connectivity index (χ1v) is 8.66. The Morgan fingerprint density at radius 3 is 2.73 bits per heavy atom. The maximum absolute atomic E-state index is 12.4. The highest BCUT2D eigenvalue weighted by Crippen LogP contribution is 2.23. The molecule has 130 valence electrons. The highest BCUT2D eigenvalue weighted by atomic mass is 35.5. The van der Waals surface area contributed by atoms with Crippen molar-refractivity contribution in [3.8, 4) is 11.3 Å². The Bertz CT molecular complexity index is 1130. The molecule has 0 amide bonds. The SMILES string of the molecule is Cc1c(Cl)cccc1NCc1cc(=O)n2[nH]c(-c3ccccc3)cc2n1. The minimum Gasteiger partial charge on any atom is -0.379 e. The fraction of sp³-hybridized carbons (Fsp3) is 0.100. The topological polar surface area (TPSA) is 62.2 Å². The molecule has 0 atom stereocenters. The van der Waals surface area contributed by atoms with Gasteiger partial charge in [-0.25, -0.2) is 9.50 Å². The molecule has 4 rings (SSSR count). The highest BCUT2D eigenvalue weighted by Gasteiger charge is 2.08. The first kappa shape index (κ1) is 16.4. The Hall–Kier alpha value is -3.05. The van der Waals surface area contributed by atoms with Crippen molar-refractivity contribution < 1.29 is 0 Å². The van der Waals surface area contributed by atoms with Gasteiger partial charge in [0, 0.05) is 22.8 Å². The molecule has 0 aliphatic rings. The summed E-state index contributed by atoms with van der Waals surface area (Å²) < 4.78 is 1.45. The van der Waals surface area contributed by atoms with E-state index in [0.717, 1.165) is 22.5 Å². The summed E-state index contributed by atoms with van der Waals surface area (Å²) in [5.74, 6) is 0. The standard InChI is InChI=1S/C20H17ClN4O/c1-13-16(21)8-5-9-17(13)22-12-15-10-20(26)25-19(23-15)11-18(24-25)14-6-3-2-4-7-14/h2-11,22,24H,12H2,1H3. The molecule has 0 aliphatic carbocycles. The summed E-state index contributed by atoms with van der Waals surface area (Å²) in [5.41, 5.74) is 4.89. The molecule has 4 aromatic rings. The van der Waals surface area contributed by atoms with Gasteiger partial charge in [-0.3, -0.25) is 9.89 Å². The number of aromatic nitrogens is 3. The molecule has 2 aromatic carbocycles. The molecule has 0 spiro atoms. The van der Waals surface area contributed by atoms with Crippen molar-refractivity contribution in [2.75, 3.05) is 5.32 Å². The number of nitrogens with one attached hydrogen (secondary N) is 2. The maximum Gasteiger partial charge on any atom is 0.272 e. The Labute approximate surface area is 155 Å². The number of hydrogen-bond donors (Lipinski definition) is 2. The van der Waals surface area contributed by atoms with E-state index in [2.05, 4.69) is 15.4 Å². The highest BCUT2D eigenvalue weighted by molar-refractivity contribution is 6.31. The monoisotopic (exact) mass is 364 g/mol. The van der Waals surface area contributed by atoms with Crippen LogP contribution in [0.4, 0.5) is 5.69 Å². The van der Waals surface area contributed by atoms with Crippen molar-refractivity contribution in [2.24, 2.45) is 0 Å². The lowest BCUT2D eigenvalue weighted by atomic mass is 10.2. The summed E-state index contributed by atoms with van der Waals surface area (Å²) in [4.78, 5) is 17.0. The van der Waals surface area contributed by atoms with E-state index in [1.54, 1.807) is 0 Å². The zero-order valence-electron chi connectivity index (χ0n) is 14.2. The number of fused-ring (bicyclic) bond motifs is 1. The van der Waals surface area contributed by atoms with Crippen molar-refractivity contribution in [1.29, 1.82) is 0 Å². The average Bonchev–Trinajstić information content (AvgIpc) is 3.08. The van der Waals surface area contributed by atoms with E-state index >= 15 is 0 Å². The maximum atomic E-state index is 12.4. The van der Waals surface area contributed by atoms with Crippen LogP contribution in [-0.2, 0) is 6.54 Å². The van der Waals surface area contributed by atoms with Crippen LogP contribution in [0.1, 0.15) is 11.3 Å². The lowest BCUT2D eigenvalue weighted by molar-refractivity contribution is 0.880. The molecule has 0 radical (unpaired) electrons. The minimum atomic E-state index is -0.142. The smallest absolute Gasteiger partial charge is 0.272 e. The van der Waals surface area contributed by atoms with Crippen LogP contribution in [0.5, 0.6) is 0 Å². The molecule has 0 fully saturated rings. The number of hydrogen-bond acceptors (Lipinski definition) is 3. The predicted octanol–water partition coefficient (Wildman–Crippen LogP) is 4.26. The number of anilines is 1. The summed E-state index contributed by atoms with van der Waals surface area (Å²) >= 11 is 6.15. The van der Waals surface area contributed by atoms with Gasteiger partial charge in [-0.2, -0.15) is 0 Å². The number of rotatable bonds is 4. The van der Waals surface area contributed by atoms with Gasteiger partial charge in [-0.05, 0) is 30.2 Å². The van der Waals surface area contributed by atoms with Crippen molar-refractivity contribution in [2.45, 2.75) is 13.5 Å². The van der Waals surface area contributed by atoms with Crippen LogP contribution < -0.4 is 10.9 Å². The quantitative estimate of drug-likeness (QED) is 0.568. The van der Waals surface area contributed by atoms with E-state index in [0.29, 0.717) is 22.9 Å². The van der Waals surface area contributed by atoms with E-state index in [4.69, 9.17) is 11.6 Å². The van der Waals surface area contributed by atoms with E-state index in [1.165, 1.54) is 10.6 Å². The first-order valence-electron chi connectivity index (χ1n) is 8.28. The fourth-order valence-corrected chi connectivity index (χ4v) is 3.06. The second kappa shape index (κ2) is 6.69. The second-order valence-corrected chi connectivity index (χ2v) is 6.49. The van der Waals surface area contributed by atoms with Gasteiger partial charge in [0.2, 0.25) is 0 Å². The Morgan fingerprint density at radius 2 is 1.92 bits per heavy atom. The average molecular weight is 365 g/mol. The third-order valence-corrected chi connectivity index (χ3v) is 4.73. The van der Waals surface area contributed by atoms with Gasteiger partial charge >= 0.3 is 0 Å². The molecular formula is C20H17ClN4O. The third kappa shape index (κ3) is 3.09. The van der Waals surface area contributed by atoms with Gasteiger partial charge < -0.3 is 5.32 Å². The summed E-state index contributed by atoms with van der Waals surface area (Å²) in [6.45, 7) is 2.40. The zero-order valence-corrected chi connectivity index (χ0v) is 14.9. The number of benzene rings is 2. The van der Waals surface area contributed by atoms with Gasteiger partial charge in [-0.15, -0.1) is 0 Å². The minimum absolute atomic E-state index is 0.142. The van der Waals surface area contributed by atoms with Crippen molar-refractivity contribution in [3.05, 3.63) is 87.3 Å². The van der Waals surface area contributed by atoms with Gasteiger partial charge in [0.25, 0.3) is 5.56 Å². The molecular weight excluding hydrogens is 348 g/mol. The second-order valence-electron chi connectivity index (χ2n) is 6.08. The Balaban J connectivity index is 1.65. The van der Waals surface area contributed by atoms with Crippen LogP contribution in [0.3, 0.4) is 0 Å². The van der Waals surface area contributed by atoms with Gasteiger partial charge in [0.1, 0.15) is 0 Å². The molecule has 6 heteroatoms. The molecule has 5 nitrogen and oxygen atoms in total. The lowest BCUT2D eigenvalue weighted by Crippen LogP contribution is -2.17. The molecule has 0 saturated heterocycles. The number of H-pyrrole nitrogens is 1. The fourth-order valence-electron chi connectivity index (χ4n) is 2.88. The molecule has 0 aliphatic heterocycles. The zero-order chi connectivity index (χ0) is 18.1. The van der Waals surface area contributed by atoms with Crippen LogP contribution in [0.25, 0.3) is 16.9 Å².